The number of piperidine rings is 1. The monoisotopic (exact) mass is 380 g/mol. The number of benzene rings is 2. The number of halogens is 1. The van der Waals surface area contributed by atoms with Gasteiger partial charge in [0.25, 0.3) is 0 Å². The van der Waals surface area contributed by atoms with E-state index in [9.17, 15) is 0 Å². The van der Waals surface area contributed by atoms with E-state index < -0.39 is 5.60 Å². The summed E-state index contributed by atoms with van der Waals surface area (Å²) in [7, 11) is 1.73. The minimum Gasteiger partial charge on any atom is -0.373 e. The van der Waals surface area contributed by atoms with Crippen LogP contribution < -0.4 is 0 Å². The van der Waals surface area contributed by atoms with Crippen LogP contribution in [0.1, 0.15) is 30.4 Å². The molecule has 0 spiro atoms. The fourth-order valence-corrected chi connectivity index (χ4v) is 5.60. The molecule has 2 aromatic carbocycles. The fraction of sp³-hybridized carbons (Fsp3) is 0.455. The number of aromatic nitrogens is 3. The second kappa shape index (κ2) is 6.94. The first-order valence-corrected chi connectivity index (χ1v) is 10.0. The van der Waals surface area contributed by atoms with Gasteiger partial charge in [0.05, 0.1) is 5.56 Å². The average Bonchev–Trinajstić information content (AvgIpc) is 3.17. The van der Waals surface area contributed by atoms with E-state index >= 15 is 4.39 Å². The summed E-state index contributed by atoms with van der Waals surface area (Å²) in [6.07, 6.45) is 3.22. The van der Waals surface area contributed by atoms with E-state index in [2.05, 4.69) is 44.6 Å². The topological polar surface area (TPSA) is 54.0 Å². The van der Waals surface area contributed by atoms with Crippen LogP contribution in [0, 0.1) is 17.7 Å². The van der Waals surface area contributed by atoms with Crippen molar-refractivity contribution in [2.75, 3.05) is 20.2 Å². The van der Waals surface area contributed by atoms with Crippen LogP contribution in [-0.2, 0) is 16.9 Å². The van der Waals surface area contributed by atoms with Gasteiger partial charge in [-0.05, 0) is 30.5 Å². The third-order valence-corrected chi connectivity index (χ3v) is 6.69. The van der Waals surface area contributed by atoms with Crippen molar-refractivity contribution < 1.29 is 9.13 Å². The van der Waals surface area contributed by atoms with Crippen molar-refractivity contribution in [2.24, 2.45) is 11.8 Å². The van der Waals surface area contributed by atoms with Gasteiger partial charge in [-0.1, -0.05) is 36.8 Å². The van der Waals surface area contributed by atoms with Gasteiger partial charge in [-0.3, -0.25) is 4.90 Å². The Kier molecular flexibility index (Phi) is 4.40. The number of ether oxygens (including phenoxy) is 1. The first kappa shape index (κ1) is 17.8. The maximum Gasteiger partial charge on any atom is 0.131 e. The Morgan fingerprint density at radius 1 is 1.11 bits per heavy atom. The number of aromatic amines is 1. The fourth-order valence-electron chi connectivity index (χ4n) is 5.60. The number of H-pyrrole nitrogens is 1. The van der Waals surface area contributed by atoms with Crippen molar-refractivity contribution in [3.8, 4) is 0 Å². The maximum absolute atomic E-state index is 15.2. The number of nitrogens with zero attached hydrogens (tertiary/aromatic N) is 3. The second-order valence-electron chi connectivity index (χ2n) is 8.12. The van der Waals surface area contributed by atoms with E-state index in [4.69, 9.17) is 4.74 Å². The molecule has 2 fully saturated rings. The van der Waals surface area contributed by atoms with Crippen LogP contribution in [-0.4, -0.2) is 40.5 Å². The highest BCUT2D eigenvalue weighted by atomic mass is 19.1. The summed E-state index contributed by atoms with van der Waals surface area (Å²) in [4.78, 5) is 2.50. The summed E-state index contributed by atoms with van der Waals surface area (Å²) >= 11 is 0. The molecule has 1 aromatic heterocycles. The van der Waals surface area contributed by atoms with E-state index in [0.29, 0.717) is 16.6 Å². The van der Waals surface area contributed by atoms with Crippen LogP contribution in [0.25, 0.3) is 11.0 Å². The molecule has 0 radical (unpaired) electrons. The van der Waals surface area contributed by atoms with E-state index in [0.717, 1.165) is 38.9 Å². The number of nitrogens with one attached hydrogen (secondary N) is 1. The number of rotatable bonds is 4. The molecule has 1 aliphatic heterocycles. The highest BCUT2D eigenvalue weighted by molar-refractivity contribution is 5.79. The molecule has 2 atom stereocenters. The van der Waals surface area contributed by atoms with Crippen LogP contribution in [0.4, 0.5) is 4.39 Å². The summed E-state index contributed by atoms with van der Waals surface area (Å²) in [6.45, 7) is 2.71. The predicted molar refractivity (Wildman–Crippen MR) is 105 cm³/mol. The van der Waals surface area contributed by atoms with Gasteiger partial charge in [0.2, 0.25) is 0 Å². The predicted octanol–water partition coefficient (Wildman–Crippen LogP) is 3.87. The van der Waals surface area contributed by atoms with Crippen molar-refractivity contribution in [3.05, 3.63) is 59.4 Å². The van der Waals surface area contributed by atoms with Gasteiger partial charge in [0.15, 0.2) is 0 Å². The molecule has 28 heavy (non-hydrogen) atoms. The molecule has 1 aliphatic carbocycles. The number of hydrogen-bond acceptors (Lipinski definition) is 4. The molecule has 2 heterocycles. The normalized spacial score (nSPS) is 27.9. The van der Waals surface area contributed by atoms with E-state index in [1.165, 1.54) is 11.6 Å². The molecule has 2 unspecified atom stereocenters. The highest BCUT2D eigenvalue weighted by Gasteiger charge is 2.55. The lowest BCUT2D eigenvalue weighted by Gasteiger charge is -2.55. The van der Waals surface area contributed by atoms with Crippen LogP contribution in [0.3, 0.4) is 0 Å². The van der Waals surface area contributed by atoms with Crippen LogP contribution in [0.15, 0.2) is 42.5 Å². The molecule has 1 saturated carbocycles. The quantitative estimate of drug-likeness (QED) is 0.747. The average molecular weight is 380 g/mol. The van der Waals surface area contributed by atoms with Gasteiger partial charge in [0, 0.05) is 38.6 Å². The molecule has 5 rings (SSSR count). The molecule has 5 nitrogen and oxygen atoms in total. The van der Waals surface area contributed by atoms with Gasteiger partial charge in [-0.15, -0.1) is 0 Å². The Morgan fingerprint density at radius 3 is 2.57 bits per heavy atom. The van der Waals surface area contributed by atoms with Crippen molar-refractivity contribution in [2.45, 2.75) is 31.4 Å². The lowest BCUT2D eigenvalue weighted by Crippen LogP contribution is -2.59. The minimum atomic E-state index is -0.647. The summed E-state index contributed by atoms with van der Waals surface area (Å²) in [5, 5.41) is 11.1. The van der Waals surface area contributed by atoms with Crippen LogP contribution >= 0.6 is 0 Å². The van der Waals surface area contributed by atoms with Crippen LogP contribution in [0.2, 0.25) is 0 Å². The molecule has 3 aromatic rings. The summed E-state index contributed by atoms with van der Waals surface area (Å²) in [5.74, 6) is 0.215. The van der Waals surface area contributed by atoms with Gasteiger partial charge >= 0.3 is 0 Å². The van der Waals surface area contributed by atoms with Gasteiger partial charge in [-0.2, -0.15) is 15.4 Å². The zero-order chi connectivity index (χ0) is 19.1. The van der Waals surface area contributed by atoms with Crippen LogP contribution in [0.5, 0.6) is 0 Å². The number of methoxy groups -OCH3 is 1. The molecule has 0 amide bonds. The molecule has 1 N–H and O–H groups in total. The van der Waals surface area contributed by atoms with Crippen molar-refractivity contribution in [1.29, 1.82) is 0 Å². The van der Waals surface area contributed by atoms with Crippen molar-refractivity contribution in [1.82, 2.24) is 20.3 Å². The number of fused-ring (bicyclic) bond motifs is 3. The van der Waals surface area contributed by atoms with Crippen molar-refractivity contribution in [3.63, 3.8) is 0 Å². The molecule has 146 valence electrons. The summed E-state index contributed by atoms with van der Waals surface area (Å²) in [6, 6.07) is 13.7. The Hall–Kier alpha value is -2.31. The number of hydrogen-bond donors (Lipinski definition) is 1. The van der Waals surface area contributed by atoms with E-state index in [-0.39, 0.29) is 17.7 Å². The molecule has 2 aliphatic rings. The zero-order valence-electron chi connectivity index (χ0n) is 16.1. The molecular formula is C22H25FN4O. The van der Waals surface area contributed by atoms with E-state index in [1.807, 2.05) is 6.07 Å². The third kappa shape index (κ3) is 2.66. The largest absolute Gasteiger partial charge is 0.373 e. The minimum absolute atomic E-state index is 0.227. The van der Waals surface area contributed by atoms with Crippen molar-refractivity contribution >= 4 is 11.0 Å². The first-order valence-electron chi connectivity index (χ1n) is 10.0. The maximum atomic E-state index is 15.2. The lowest BCUT2D eigenvalue weighted by atomic mass is 9.62. The van der Waals surface area contributed by atoms with E-state index in [1.54, 1.807) is 13.2 Å². The SMILES string of the molecule is COC1(c2c(F)ccc3n[nH]nc23)C2CCCC1CN(Cc1ccccc1)C2. The van der Waals surface area contributed by atoms with Gasteiger partial charge in [0.1, 0.15) is 22.5 Å². The smallest absolute Gasteiger partial charge is 0.131 e. The summed E-state index contributed by atoms with van der Waals surface area (Å²) < 4.78 is 21.4. The van der Waals surface area contributed by atoms with Gasteiger partial charge in [-0.25, -0.2) is 4.39 Å². The third-order valence-electron chi connectivity index (χ3n) is 6.69. The Balaban J connectivity index is 1.55. The Labute approximate surface area is 163 Å². The number of likely N-dealkylation sites (tertiary alicyclic amines) is 1. The molecular weight excluding hydrogens is 355 g/mol. The molecule has 6 heteroatoms. The standard InChI is InChI=1S/C22H25FN4O/c1-28-22(20-18(23)10-11-19-21(20)25-26-24-19)16-8-5-9-17(22)14-27(13-16)12-15-6-3-2-4-7-15/h2-4,6-7,10-11,16-17H,5,8-9,12-14H2,1H3,(H,24,25,26). The summed E-state index contributed by atoms with van der Waals surface area (Å²) in [5.41, 5.74) is 2.56. The second-order valence-corrected chi connectivity index (χ2v) is 8.12. The Morgan fingerprint density at radius 2 is 1.86 bits per heavy atom. The molecule has 1 saturated heterocycles. The lowest BCUT2D eigenvalue weighted by molar-refractivity contribution is -0.171. The Bertz CT molecular complexity index is 959. The highest BCUT2D eigenvalue weighted by Crippen LogP contribution is 2.53. The zero-order valence-corrected chi connectivity index (χ0v) is 16.1. The van der Waals surface area contributed by atoms with Gasteiger partial charge < -0.3 is 4.74 Å². The first-order chi connectivity index (χ1) is 13.7. The molecule has 2 bridgehead atoms.